The number of aromatic nitrogens is 2. The molecule has 36 heavy (non-hydrogen) atoms. The number of hydrogen-bond acceptors (Lipinski definition) is 9. The van der Waals surface area contributed by atoms with Crippen molar-refractivity contribution in [1.82, 2.24) is 9.97 Å². The van der Waals surface area contributed by atoms with Crippen molar-refractivity contribution >= 4 is 34.2 Å². The van der Waals surface area contributed by atoms with Gasteiger partial charge in [-0.3, -0.25) is 4.79 Å². The van der Waals surface area contributed by atoms with Gasteiger partial charge in [0.25, 0.3) is 0 Å². The molecule has 5 rings (SSSR count). The van der Waals surface area contributed by atoms with Crippen LogP contribution in [0.2, 0.25) is 0 Å². The second kappa shape index (κ2) is 9.04. The highest BCUT2D eigenvalue weighted by molar-refractivity contribution is 7.71. The number of fused-ring (bicyclic) bond motifs is 2. The average molecular weight is 507 g/mol. The third-order valence-corrected chi connectivity index (χ3v) is 6.13. The molecule has 0 aliphatic heterocycles. The molecule has 5 aromatic rings. The maximum Gasteiger partial charge on any atom is 0.206 e. The molecule has 184 valence electrons. The summed E-state index contributed by atoms with van der Waals surface area (Å²) in [5, 5.41) is 0.824. The van der Waals surface area contributed by atoms with Crippen LogP contribution in [-0.2, 0) is 0 Å². The number of aromatic amines is 1. The van der Waals surface area contributed by atoms with Gasteiger partial charge in [-0.05, 0) is 49.5 Å². The van der Waals surface area contributed by atoms with E-state index in [1.165, 1.54) is 20.5 Å². The van der Waals surface area contributed by atoms with Crippen LogP contribution in [0.5, 0.6) is 23.0 Å². The number of ether oxygens (including phenoxy) is 4. The highest BCUT2D eigenvalue weighted by atomic mass is 32.1. The van der Waals surface area contributed by atoms with Crippen LogP contribution in [0.15, 0.2) is 50.2 Å². The van der Waals surface area contributed by atoms with E-state index in [2.05, 4.69) is 9.97 Å². The fourth-order valence-corrected chi connectivity index (χ4v) is 4.56. The zero-order valence-corrected chi connectivity index (χ0v) is 21.0. The van der Waals surface area contributed by atoms with Crippen molar-refractivity contribution in [2.45, 2.75) is 6.92 Å². The molecule has 0 bridgehead atoms. The highest BCUT2D eigenvalue weighted by Crippen LogP contribution is 2.43. The van der Waals surface area contributed by atoms with Gasteiger partial charge in [-0.15, -0.1) is 0 Å². The summed E-state index contributed by atoms with van der Waals surface area (Å²) in [7, 11) is 6.10. The van der Waals surface area contributed by atoms with E-state index >= 15 is 0 Å². The van der Waals surface area contributed by atoms with Crippen LogP contribution in [0, 0.1) is 11.7 Å². The third kappa shape index (κ3) is 3.57. The maximum atomic E-state index is 14.0. The van der Waals surface area contributed by atoms with E-state index in [4.69, 9.17) is 40.0 Å². The number of benzene rings is 2. The highest BCUT2D eigenvalue weighted by Gasteiger charge is 2.26. The van der Waals surface area contributed by atoms with E-state index in [9.17, 15) is 4.79 Å². The van der Waals surface area contributed by atoms with Crippen molar-refractivity contribution in [3.05, 3.63) is 57.3 Å². The van der Waals surface area contributed by atoms with Gasteiger partial charge >= 0.3 is 0 Å². The van der Waals surface area contributed by atoms with E-state index in [1.807, 2.05) is 6.07 Å². The normalized spacial score (nSPS) is 11.1. The second-order valence-electron chi connectivity index (χ2n) is 7.85. The Bertz CT molecular complexity index is 1750. The number of rotatable bonds is 6. The first-order chi connectivity index (χ1) is 17.4. The lowest BCUT2D eigenvalue weighted by Gasteiger charge is -2.14. The minimum absolute atomic E-state index is 0.200. The Morgan fingerprint density at radius 2 is 1.67 bits per heavy atom. The predicted octanol–water partition coefficient (Wildman–Crippen LogP) is 5.67. The molecule has 0 atom stereocenters. The van der Waals surface area contributed by atoms with Gasteiger partial charge in [0.05, 0.1) is 57.0 Å². The zero-order valence-electron chi connectivity index (χ0n) is 20.2. The Morgan fingerprint density at radius 3 is 2.36 bits per heavy atom. The molecule has 3 heterocycles. The van der Waals surface area contributed by atoms with Crippen molar-refractivity contribution in [3.8, 4) is 45.5 Å². The summed E-state index contributed by atoms with van der Waals surface area (Å²) < 4.78 is 33.9. The first-order valence-corrected chi connectivity index (χ1v) is 11.2. The van der Waals surface area contributed by atoms with Crippen LogP contribution in [0.1, 0.15) is 5.76 Å². The van der Waals surface area contributed by atoms with Gasteiger partial charge in [0.15, 0.2) is 27.4 Å². The molecule has 3 aromatic heterocycles. The molecule has 0 amide bonds. The number of furan rings is 1. The number of nitrogens with zero attached hydrogens (tertiary/aromatic N) is 1. The summed E-state index contributed by atoms with van der Waals surface area (Å²) in [5.74, 6) is 2.12. The SMILES string of the molecule is COc1ccc(-c2cc(-c3c(C)oc4c(OC)c5occc5c(OC)c4c3=O)[nH]c(=S)n2)cc1OC. The molecule has 2 aromatic carbocycles. The summed E-state index contributed by atoms with van der Waals surface area (Å²) in [6.07, 6.45) is 1.50. The predicted molar refractivity (Wildman–Crippen MR) is 137 cm³/mol. The molecule has 0 radical (unpaired) electrons. The lowest BCUT2D eigenvalue weighted by atomic mass is 10.0. The minimum Gasteiger partial charge on any atom is -0.495 e. The minimum atomic E-state index is -0.317. The Hall–Kier alpha value is -4.31. The number of methoxy groups -OCH3 is 4. The van der Waals surface area contributed by atoms with Crippen molar-refractivity contribution in [2.75, 3.05) is 28.4 Å². The molecule has 0 aliphatic carbocycles. The Morgan fingerprint density at radius 1 is 0.917 bits per heavy atom. The van der Waals surface area contributed by atoms with Gasteiger partial charge in [0.1, 0.15) is 16.9 Å². The number of hydrogen-bond donors (Lipinski definition) is 1. The Balaban J connectivity index is 1.80. The summed E-state index contributed by atoms with van der Waals surface area (Å²) in [6.45, 7) is 1.70. The fraction of sp³-hybridized carbons (Fsp3) is 0.192. The molecule has 10 heteroatoms. The molecular weight excluding hydrogens is 484 g/mol. The van der Waals surface area contributed by atoms with Gasteiger partial charge < -0.3 is 32.8 Å². The van der Waals surface area contributed by atoms with Gasteiger partial charge in [-0.2, -0.15) is 0 Å². The summed E-state index contributed by atoms with van der Waals surface area (Å²) >= 11 is 5.41. The summed E-state index contributed by atoms with van der Waals surface area (Å²) in [6, 6.07) is 8.85. The Kier molecular flexibility index (Phi) is 5.89. The monoisotopic (exact) mass is 506 g/mol. The molecule has 0 unspecified atom stereocenters. The van der Waals surface area contributed by atoms with Crippen LogP contribution in [0.25, 0.3) is 44.5 Å². The van der Waals surface area contributed by atoms with Crippen molar-refractivity contribution in [1.29, 1.82) is 0 Å². The van der Waals surface area contributed by atoms with E-state index in [0.717, 1.165) is 5.56 Å². The standard InChI is InChI=1S/C26H22N2O7S/c1-12-19(16-11-15(27-26(36)28-16)13-6-7-17(30-2)18(10-13)31-3)21(29)20-22(32-4)14-8-9-34-23(14)25(33-5)24(20)35-12/h6-11H,1-5H3,(H,27,28,36). The van der Waals surface area contributed by atoms with Gasteiger partial charge in [-0.25, -0.2) is 4.98 Å². The lowest BCUT2D eigenvalue weighted by Crippen LogP contribution is -2.11. The van der Waals surface area contributed by atoms with Crippen LogP contribution >= 0.6 is 12.2 Å². The number of nitrogens with one attached hydrogen (secondary N) is 1. The molecule has 0 aliphatic rings. The van der Waals surface area contributed by atoms with Crippen molar-refractivity contribution < 1.29 is 27.8 Å². The first-order valence-electron chi connectivity index (χ1n) is 10.8. The van der Waals surface area contributed by atoms with Crippen LogP contribution in [-0.4, -0.2) is 38.4 Å². The average Bonchev–Trinajstić information content (AvgIpc) is 3.36. The molecule has 0 saturated carbocycles. The maximum absolute atomic E-state index is 14.0. The van der Waals surface area contributed by atoms with Gasteiger partial charge in [0.2, 0.25) is 11.2 Å². The number of H-pyrrole nitrogens is 1. The second-order valence-corrected chi connectivity index (χ2v) is 8.24. The smallest absolute Gasteiger partial charge is 0.206 e. The summed E-state index contributed by atoms with van der Waals surface area (Å²) in [4.78, 5) is 21.4. The summed E-state index contributed by atoms with van der Waals surface area (Å²) in [5.41, 5.74) is 2.36. The topological polar surface area (TPSA) is 109 Å². The molecule has 0 spiro atoms. The largest absolute Gasteiger partial charge is 0.495 e. The fourth-order valence-electron chi connectivity index (χ4n) is 4.36. The van der Waals surface area contributed by atoms with Gasteiger partial charge in [-0.1, -0.05) is 0 Å². The third-order valence-electron chi connectivity index (χ3n) is 5.94. The van der Waals surface area contributed by atoms with E-state index < -0.39 is 0 Å². The molecular formula is C26H22N2O7S. The van der Waals surface area contributed by atoms with E-state index in [1.54, 1.807) is 45.4 Å². The number of aryl methyl sites for hydroxylation is 1. The first kappa shape index (κ1) is 23.4. The van der Waals surface area contributed by atoms with Crippen molar-refractivity contribution in [2.24, 2.45) is 0 Å². The molecule has 1 N–H and O–H groups in total. The van der Waals surface area contributed by atoms with Crippen LogP contribution < -0.4 is 24.4 Å². The quantitative estimate of drug-likeness (QED) is 0.291. The van der Waals surface area contributed by atoms with Crippen molar-refractivity contribution in [3.63, 3.8) is 0 Å². The van der Waals surface area contributed by atoms with E-state index in [-0.39, 0.29) is 21.2 Å². The van der Waals surface area contributed by atoms with Crippen LogP contribution in [0.4, 0.5) is 0 Å². The molecule has 0 fully saturated rings. The van der Waals surface area contributed by atoms with Gasteiger partial charge in [0, 0.05) is 5.56 Å². The Labute approximate surface area is 210 Å². The lowest BCUT2D eigenvalue weighted by molar-refractivity contribution is 0.355. The zero-order chi connectivity index (χ0) is 25.6. The van der Waals surface area contributed by atoms with Crippen LogP contribution in [0.3, 0.4) is 0 Å². The molecule has 0 saturated heterocycles. The molecule has 9 nitrogen and oxygen atoms in total. The van der Waals surface area contributed by atoms with E-state index in [0.29, 0.717) is 56.7 Å².